The maximum Gasteiger partial charge on any atom is 0.337 e. The number of hydrogen-bond acceptors (Lipinski definition) is 2. The van der Waals surface area contributed by atoms with Crippen LogP contribution in [-0.2, 0) is 0 Å². The molecule has 1 saturated carbocycles. The molecular weight excluding hydrogens is 256 g/mol. The van der Waals surface area contributed by atoms with Gasteiger partial charge in [0.25, 0.3) is 0 Å². The second-order valence-corrected chi connectivity index (χ2v) is 5.79. The highest BCUT2D eigenvalue weighted by molar-refractivity contribution is 6.00. The van der Waals surface area contributed by atoms with Crippen molar-refractivity contribution in [3.8, 4) is 0 Å². The number of imidazole rings is 1. The van der Waals surface area contributed by atoms with Crippen molar-refractivity contribution in [2.24, 2.45) is 11.8 Å². The van der Waals surface area contributed by atoms with E-state index in [1.54, 1.807) is 10.6 Å². The first-order valence-corrected chi connectivity index (χ1v) is 6.97. The fourth-order valence-electron chi connectivity index (χ4n) is 3.36. The summed E-state index contributed by atoms with van der Waals surface area (Å²) in [6.45, 7) is 4.36. The summed E-state index contributed by atoms with van der Waals surface area (Å²) in [6.07, 6.45) is 2.07. The number of rotatable bonds is 2. The normalized spacial score (nSPS) is 26.2. The summed E-state index contributed by atoms with van der Waals surface area (Å²) in [4.78, 5) is 26.2. The average Bonchev–Trinajstić information content (AvgIpc) is 2.89. The van der Waals surface area contributed by atoms with Gasteiger partial charge in [-0.2, -0.15) is 0 Å². The van der Waals surface area contributed by atoms with Gasteiger partial charge in [-0.25, -0.2) is 9.59 Å². The molecular formula is C15H18N2O3. The van der Waals surface area contributed by atoms with Crippen molar-refractivity contribution in [1.82, 2.24) is 9.55 Å². The molecule has 3 unspecified atom stereocenters. The molecule has 5 nitrogen and oxygen atoms in total. The van der Waals surface area contributed by atoms with Gasteiger partial charge in [-0.05, 0) is 36.8 Å². The molecule has 2 N–H and O–H groups in total. The van der Waals surface area contributed by atoms with Gasteiger partial charge in [-0.15, -0.1) is 0 Å². The molecule has 1 aromatic heterocycles. The summed E-state index contributed by atoms with van der Waals surface area (Å²) in [5, 5.41) is 9.21. The number of nitrogens with zero attached hydrogens (tertiary/aromatic N) is 1. The zero-order chi connectivity index (χ0) is 14.4. The molecule has 1 aliphatic carbocycles. The molecule has 2 aromatic rings. The van der Waals surface area contributed by atoms with E-state index in [2.05, 4.69) is 18.8 Å². The summed E-state index contributed by atoms with van der Waals surface area (Å²) < 4.78 is 1.75. The predicted octanol–water partition coefficient (Wildman–Crippen LogP) is 2.63. The molecule has 1 aromatic carbocycles. The zero-order valence-corrected chi connectivity index (χ0v) is 11.6. The SMILES string of the molecule is CC1CCC(n2c(=O)[nH]c3c(C(=O)O)cccc32)C1C. The number of carbonyl (C=O) groups is 1. The van der Waals surface area contributed by atoms with E-state index in [9.17, 15) is 14.7 Å². The van der Waals surface area contributed by atoms with E-state index in [0.29, 0.717) is 22.9 Å². The van der Waals surface area contributed by atoms with E-state index < -0.39 is 5.97 Å². The standard InChI is InChI=1S/C15H18N2O3/c1-8-6-7-11(9(8)2)17-12-5-3-4-10(14(18)19)13(12)16-15(17)20/h3-5,8-9,11H,6-7H2,1-2H3,(H,16,20)(H,18,19). The van der Waals surface area contributed by atoms with E-state index in [1.165, 1.54) is 6.07 Å². The minimum absolute atomic E-state index is 0.148. The molecule has 1 fully saturated rings. The van der Waals surface area contributed by atoms with Gasteiger partial charge in [-0.1, -0.05) is 19.9 Å². The van der Waals surface area contributed by atoms with E-state index in [0.717, 1.165) is 12.8 Å². The number of aromatic amines is 1. The molecule has 0 radical (unpaired) electrons. The summed E-state index contributed by atoms with van der Waals surface area (Å²) in [7, 11) is 0. The highest BCUT2D eigenvalue weighted by Gasteiger charge is 2.33. The second-order valence-electron chi connectivity index (χ2n) is 5.79. The molecule has 1 heterocycles. The minimum atomic E-state index is -1.02. The average molecular weight is 274 g/mol. The van der Waals surface area contributed by atoms with Gasteiger partial charge < -0.3 is 10.1 Å². The van der Waals surface area contributed by atoms with Crippen molar-refractivity contribution >= 4 is 17.0 Å². The second kappa shape index (κ2) is 4.51. The van der Waals surface area contributed by atoms with Crippen LogP contribution in [0.2, 0.25) is 0 Å². The third-order valence-electron chi connectivity index (χ3n) is 4.74. The molecule has 3 rings (SSSR count). The quantitative estimate of drug-likeness (QED) is 0.884. The molecule has 0 aliphatic heterocycles. The summed E-state index contributed by atoms with van der Waals surface area (Å²) in [6, 6.07) is 5.18. The zero-order valence-electron chi connectivity index (χ0n) is 11.6. The van der Waals surface area contributed by atoms with Crippen LogP contribution < -0.4 is 5.69 Å². The number of hydrogen-bond donors (Lipinski definition) is 2. The number of aromatic carboxylic acids is 1. The number of aromatic nitrogens is 2. The maximum absolute atomic E-state index is 12.3. The Morgan fingerprint density at radius 3 is 2.70 bits per heavy atom. The molecule has 1 aliphatic rings. The lowest BCUT2D eigenvalue weighted by Crippen LogP contribution is -2.24. The van der Waals surface area contributed by atoms with Crippen LogP contribution in [0.3, 0.4) is 0 Å². The smallest absolute Gasteiger partial charge is 0.337 e. The Balaban J connectivity index is 2.22. The van der Waals surface area contributed by atoms with Crippen molar-refractivity contribution in [2.45, 2.75) is 32.7 Å². The molecule has 3 atom stereocenters. The number of H-pyrrole nitrogens is 1. The highest BCUT2D eigenvalue weighted by Crippen LogP contribution is 2.40. The van der Waals surface area contributed by atoms with E-state index in [4.69, 9.17) is 0 Å². The van der Waals surface area contributed by atoms with Gasteiger partial charge in [0, 0.05) is 6.04 Å². The molecule has 20 heavy (non-hydrogen) atoms. The number of benzene rings is 1. The topological polar surface area (TPSA) is 75.1 Å². The summed E-state index contributed by atoms with van der Waals surface area (Å²) in [5.74, 6) is -0.0171. The van der Waals surface area contributed by atoms with Crippen molar-refractivity contribution in [3.05, 3.63) is 34.2 Å². The molecule has 106 valence electrons. The van der Waals surface area contributed by atoms with Crippen molar-refractivity contribution in [2.75, 3.05) is 0 Å². The Morgan fingerprint density at radius 1 is 1.35 bits per heavy atom. The van der Waals surface area contributed by atoms with Crippen LogP contribution in [0.15, 0.2) is 23.0 Å². The van der Waals surface area contributed by atoms with Crippen LogP contribution in [0, 0.1) is 11.8 Å². The van der Waals surface area contributed by atoms with Crippen LogP contribution in [0.5, 0.6) is 0 Å². The van der Waals surface area contributed by atoms with Gasteiger partial charge in [0.15, 0.2) is 0 Å². The van der Waals surface area contributed by atoms with Gasteiger partial charge in [0.2, 0.25) is 0 Å². The lowest BCUT2D eigenvalue weighted by Gasteiger charge is -2.19. The Morgan fingerprint density at radius 2 is 2.10 bits per heavy atom. The number of fused-ring (bicyclic) bond motifs is 1. The van der Waals surface area contributed by atoms with Gasteiger partial charge >= 0.3 is 11.7 Å². The van der Waals surface area contributed by atoms with Crippen molar-refractivity contribution in [1.29, 1.82) is 0 Å². The van der Waals surface area contributed by atoms with Gasteiger partial charge in [0.1, 0.15) is 0 Å². The number of carboxylic acid groups (broad SMARTS) is 1. The van der Waals surface area contributed by atoms with Crippen LogP contribution in [0.4, 0.5) is 0 Å². The fourth-order valence-corrected chi connectivity index (χ4v) is 3.36. The first-order chi connectivity index (χ1) is 9.50. The lowest BCUT2D eigenvalue weighted by molar-refractivity contribution is 0.0699. The van der Waals surface area contributed by atoms with Gasteiger partial charge in [0.05, 0.1) is 16.6 Å². The third-order valence-corrected chi connectivity index (χ3v) is 4.74. The Hall–Kier alpha value is -2.04. The summed E-state index contributed by atoms with van der Waals surface area (Å²) >= 11 is 0. The predicted molar refractivity (Wildman–Crippen MR) is 76.1 cm³/mol. The van der Waals surface area contributed by atoms with Crippen LogP contribution in [-0.4, -0.2) is 20.6 Å². The first-order valence-electron chi connectivity index (χ1n) is 6.97. The van der Waals surface area contributed by atoms with Crippen molar-refractivity contribution < 1.29 is 9.90 Å². The Bertz CT molecular complexity index is 728. The Kier molecular flexibility index (Phi) is 2.92. The van der Waals surface area contributed by atoms with Crippen LogP contribution in [0.25, 0.3) is 11.0 Å². The lowest BCUT2D eigenvalue weighted by atomic mass is 9.97. The molecule has 0 amide bonds. The van der Waals surface area contributed by atoms with Gasteiger partial charge in [-0.3, -0.25) is 4.57 Å². The molecule has 0 bridgehead atoms. The first kappa shape index (κ1) is 13.0. The Labute approximate surface area is 116 Å². The van der Waals surface area contributed by atoms with E-state index >= 15 is 0 Å². The van der Waals surface area contributed by atoms with E-state index in [1.807, 2.05) is 6.07 Å². The third kappa shape index (κ3) is 1.77. The maximum atomic E-state index is 12.3. The summed E-state index contributed by atoms with van der Waals surface area (Å²) in [5.41, 5.74) is 1.06. The molecule has 0 spiro atoms. The monoisotopic (exact) mass is 274 g/mol. The minimum Gasteiger partial charge on any atom is -0.478 e. The number of carboxylic acids is 1. The number of nitrogens with one attached hydrogen (secondary N) is 1. The molecule has 0 saturated heterocycles. The van der Waals surface area contributed by atoms with E-state index in [-0.39, 0.29) is 17.3 Å². The highest BCUT2D eigenvalue weighted by atomic mass is 16.4. The molecule has 5 heteroatoms. The van der Waals surface area contributed by atoms with Crippen LogP contribution >= 0.6 is 0 Å². The largest absolute Gasteiger partial charge is 0.478 e. The number of para-hydroxylation sites is 1. The fraction of sp³-hybridized carbons (Fsp3) is 0.467. The van der Waals surface area contributed by atoms with Crippen LogP contribution in [0.1, 0.15) is 43.1 Å². The van der Waals surface area contributed by atoms with Crippen molar-refractivity contribution in [3.63, 3.8) is 0 Å².